The number of carbonyl (C=O) groups excluding carboxylic acids is 2. The highest BCUT2D eigenvalue weighted by molar-refractivity contribution is 6.67. The minimum Gasteiger partial charge on any atom is -0.349 e. The molecule has 0 heterocycles. The van der Waals surface area contributed by atoms with E-state index in [0.717, 1.165) is 12.8 Å². The van der Waals surface area contributed by atoms with Gasteiger partial charge in [-0.1, -0.05) is 0 Å². The molecule has 0 unspecified atom stereocenters. The first-order valence-corrected chi connectivity index (χ1v) is 8.98. The van der Waals surface area contributed by atoms with Crippen LogP contribution in [0.1, 0.15) is 44.7 Å². The molecule has 0 bridgehead atoms. The number of nitro benzene ring substituents is 2. The number of benzene rings is 2. The molecule has 29 heavy (non-hydrogen) atoms. The summed E-state index contributed by atoms with van der Waals surface area (Å²) in [6.45, 7) is 3.19. The van der Waals surface area contributed by atoms with E-state index in [2.05, 4.69) is 5.32 Å². The van der Waals surface area contributed by atoms with Crippen LogP contribution in [0.4, 0.5) is 11.4 Å². The Hall–Kier alpha value is -3.33. The predicted octanol–water partition coefficient (Wildman–Crippen LogP) is 4.08. The van der Waals surface area contributed by atoms with E-state index in [0.29, 0.717) is 22.7 Å². The Morgan fingerprint density at radius 3 is 1.76 bits per heavy atom. The van der Waals surface area contributed by atoms with Gasteiger partial charge in [-0.25, -0.2) is 0 Å². The summed E-state index contributed by atoms with van der Waals surface area (Å²) in [4.78, 5) is 42.4. The first-order chi connectivity index (χ1) is 13.6. The van der Waals surface area contributed by atoms with Crippen LogP contribution in [0.2, 0.25) is 0 Å². The quantitative estimate of drug-likeness (QED) is 0.441. The molecule has 10 heteroatoms. The van der Waals surface area contributed by atoms with Gasteiger partial charge in [-0.15, -0.1) is 0 Å². The SMILES string of the molecule is Cc1cc(C(=O)Cl)ccc1[N+](=O)[O-].Cc1cc(C(=O)NC2CC2)ccc1[N+](=O)[O-]. The maximum absolute atomic E-state index is 11.6. The van der Waals surface area contributed by atoms with Crippen molar-refractivity contribution >= 4 is 34.1 Å². The van der Waals surface area contributed by atoms with E-state index >= 15 is 0 Å². The van der Waals surface area contributed by atoms with Crippen molar-refractivity contribution in [3.8, 4) is 0 Å². The summed E-state index contributed by atoms with van der Waals surface area (Å²) < 4.78 is 0. The van der Waals surface area contributed by atoms with Gasteiger partial charge in [0.2, 0.25) is 0 Å². The lowest BCUT2D eigenvalue weighted by atomic mass is 10.1. The number of nitrogens with one attached hydrogen (secondary N) is 1. The fourth-order valence-corrected chi connectivity index (χ4v) is 2.60. The van der Waals surface area contributed by atoms with Crippen LogP contribution in [0.15, 0.2) is 36.4 Å². The Morgan fingerprint density at radius 2 is 1.38 bits per heavy atom. The first-order valence-electron chi connectivity index (χ1n) is 8.61. The van der Waals surface area contributed by atoms with Crippen LogP contribution >= 0.6 is 11.6 Å². The maximum atomic E-state index is 11.6. The molecule has 2 aromatic carbocycles. The Balaban J connectivity index is 0.000000212. The molecule has 0 atom stereocenters. The Morgan fingerprint density at radius 1 is 0.931 bits per heavy atom. The third kappa shape index (κ3) is 6.08. The molecule has 152 valence electrons. The first kappa shape index (κ1) is 22.0. The lowest BCUT2D eigenvalue weighted by molar-refractivity contribution is -0.385. The van der Waals surface area contributed by atoms with Crippen molar-refractivity contribution in [3.05, 3.63) is 78.9 Å². The molecule has 0 aliphatic heterocycles. The third-order valence-corrected chi connectivity index (χ3v) is 4.41. The summed E-state index contributed by atoms with van der Waals surface area (Å²) in [5, 5.41) is 23.2. The fraction of sp³-hybridized carbons (Fsp3) is 0.263. The van der Waals surface area contributed by atoms with E-state index in [1.54, 1.807) is 19.9 Å². The van der Waals surface area contributed by atoms with Gasteiger partial charge >= 0.3 is 0 Å². The summed E-state index contributed by atoms with van der Waals surface area (Å²) in [6, 6.07) is 8.71. The summed E-state index contributed by atoms with van der Waals surface area (Å²) in [6.07, 6.45) is 2.05. The molecule has 0 spiro atoms. The van der Waals surface area contributed by atoms with Gasteiger partial charge in [0.05, 0.1) is 9.85 Å². The number of amides is 1. The second-order valence-electron chi connectivity index (χ2n) is 6.54. The summed E-state index contributed by atoms with van der Waals surface area (Å²) in [5.41, 5.74) is 1.72. The normalized spacial score (nSPS) is 12.4. The predicted molar refractivity (Wildman–Crippen MR) is 106 cm³/mol. The van der Waals surface area contributed by atoms with Crippen LogP contribution in [0.5, 0.6) is 0 Å². The molecule has 1 N–H and O–H groups in total. The van der Waals surface area contributed by atoms with Gasteiger partial charge in [-0.3, -0.25) is 29.8 Å². The Kier molecular flexibility index (Phi) is 7.00. The van der Waals surface area contributed by atoms with Gasteiger partial charge < -0.3 is 5.32 Å². The molecule has 1 amide bonds. The molecule has 1 aliphatic rings. The van der Waals surface area contributed by atoms with Crippen molar-refractivity contribution in [3.63, 3.8) is 0 Å². The van der Waals surface area contributed by atoms with Gasteiger partial charge in [0.15, 0.2) is 0 Å². The molecular weight excluding hydrogens is 402 g/mol. The van der Waals surface area contributed by atoms with E-state index in [9.17, 15) is 29.8 Å². The van der Waals surface area contributed by atoms with Crippen molar-refractivity contribution in [2.75, 3.05) is 0 Å². The molecular formula is C19H18ClN3O6. The number of hydrogen-bond acceptors (Lipinski definition) is 6. The van der Waals surface area contributed by atoms with Gasteiger partial charge in [0.25, 0.3) is 22.5 Å². The summed E-state index contributed by atoms with van der Waals surface area (Å²) in [7, 11) is 0. The van der Waals surface area contributed by atoms with Crippen molar-refractivity contribution in [2.45, 2.75) is 32.7 Å². The Bertz CT molecular complexity index is 988. The number of hydrogen-bond donors (Lipinski definition) is 1. The molecule has 9 nitrogen and oxygen atoms in total. The standard InChI is InChI=1S/C11H12N2O3.C8H6ClNO3/c1-7-6-8(2-5-10(7)13(15)16)11(14)12-9-3-4-9;1-5-4-6(8(9)11)2-3-7(5)10(12)13/h2,5-6,9H,3-4H2,1H3,(H,12,14);2-4H,1H3. The van der Waals surface area contributed by atoms with Crippen molar-refractivity contribution in [1.29, 1.82) is 0 Å². The van der Waals surface area contributed by atoms with Crippen molar-refractivity contribution in [1.82, 2.24) is 5.32 Å². The number of aryl methyl sites for hydroxylation is 2. The molecule has 0 radical (unpaired) electrons. The monoisotopic (exact) mass is 419 g/mol. The minimum atomic E-state index is -0.613. The zero-order valence-electron chi connectivity index (χ0n) is 15.7. The average molecular weight is 420 g/mol. The third-order valence-electron chi connectivity index (χ3n) is 4.19. The van der Waals surface area contributed by atoms with Gasteiger partial charge in [0, 0.05) is 40.4 Å². The zero-order valence-corrected chi connectivity index (χ0v) is 16.4. The van der Waals surface area contributed by atoms with E-state index in [-0.39, 0.29) is 22.8 Å². The van der Waals surface area contributed by atoms with Crippen LogP contribution in [0.3, 0.4) is 0 Å². The Labute approximate surface area is 171 Å². The summed E-state index contributed by atoms with van der Waals surface area (Å²) >= 11 is 5.20. The van der Waals surface area contributed by atoms with Crippen molar-refractivity contribution in [2.24, 2.45) is 0 Å². The molecule has 2 aromatic rings. The highest BCUT2D eigenvalue weighted by atomic mass is 35.5. The molecule has 3 rings (SSSR count). The second-order valence-corrected chi connectivity index (χ2v) is 6.88. The number of halogens is 1. The number of nitro groups is 2. The minimum absolute atomic E-state index is 0.0123. The van der Waals surface area contributed by atoms with Crippen LogP contribution < -0.4 is 5.32 Å². The highest BCUT2D eigenvalue weighted by Gasteiger charge is 2.24. The average Bonchev–Trinajstić information content (AvgIpc) is 3.45. The van der Waals surface area contributed by atoms with Crippen LogP contribution in [-0.4, -0.2) is 27.0 Å². The topological polar surface area (TPSA) is 132 Å². The number of rotatable bonds is 5. The number of carbonyl (C=O) groups is 2. The smallest absolute Gasteiger partial charge is 0.272 e. The summed E-state index contributed by atoms with van der Waals surface area (Å²) in [5.74, 6) is -0.152. The van der Waals surface area contributed by atoms with E-state index in [1.165, 1.54) is 30.3 Å². The largest absolute Gasteiger partial charge is 0.349 e. The van der Waals surface area contributed by atoms with E-state index < -0.39 is 15.1 Å². The second kappa shape index (κ2) is 9.24. The van der Waals surface area contributed by atoms with E-state index in [4.69, 9.17) is 11.6 Å². The van der Waals surface area contributed by atoms with Crippen molar-refractivity contribution < 1.29 is 19.4 Å². The van der Waals surface area contributed by atoms with Crippen LogP contribution in [0, 0.1) is 34.1 Å². The molecule has 1 saturated carbocycles. The zero-order chi connectivity index (χ0) is 21.7. The van der Waals surface area contributed by atoms with Gasteiger partial charge in [-0.05, 0) is 62.6 Å². The lowest BCUT2D eigenvalue weighted by Gasteiger charge is -2.04. The van der Waals surface area contributed by atoms with Crippen LogP contribution in [-0.2, 0) is 0 Å². The highest BCUT2D eigenvalue weighted by Crippen LogP contribution is 2.22. The fourth-order valence-electron chi connectivity index (χ4n) is 2.48. The number of nitrogens with zero attached hydrogens (tertiary/aromatic N) is 2. The molecule has 0 saturated heterocycles. The molecule has 1 fully saturated rings. The maximum Gasteiger partial charge on any atom is 0.272 e. The lowest BCUT2D eigenvalue weighted by Crippen LogP contribution is -2.25. The van der Waals surface area contributed by atoms with Crippen LogP contribution in [0.25, 0.3) is 0 Å². The van der Waals surface area contributed by atoms with Gasteiger partial charge in [-0.2, -0.15) is 0 Å². The van der Waals surface area contributed by atoms with Gasteiger partial charge in [0.1, 0.15) is 0 Å². The molecule has 1 aliphatic carbocycles. The molecule has 0 aromatic heterocycles. The van der Waals surface area contributed by atoms with E-state index in [1.807, 2.05) is 0 Å².